The van der Waals surface area contributed by atoms with Gasteiger partial charge in [0, 0.05) is 11.6 Å². The molecule has 0 saturated heterocycles. The maximum absolute atomic E-state index is 12.2. The number of carbonyl (C=O) groups excluding carboxylic acids is 3. The van der Waals surface area contributed by atoms with Gasteiger partial charge in [-0.3, -0.25) is 14.4 Å². The fraction of sp³-hybridized carbons (Fsp3) is 0.235. The first-order valence-corrected chi connectivity index (χ1v) is 8.84. The first-order chi connectivity index (χ1) is 11.9. The number of hydrogen-bond acceptors (Lipinski definition) is 4. The molecule has 6 nitrogen and oxygen atoms in total. The van der Waals surface area contributed by atoms with Gasteiger partial charge in [0.1, 0.15) is 0 Å². The molecule has 8 heteroatoms. The molecule has 0 radical (unpaired) electrons. The van der Waals surface area contributed by atoms with Crippen LogP contribution in [-0.2, 0) is 4.79 Å². The molecule has 2 aromatic rings. The van der Waals surface area contributed by atoms with E-state index in [-0.39, 0.29) is 24.4 Å². The molecular formula is C17H18ClN3O3S. The fourth-order valence-corrected chi connectivity index (χ4v) is 2.77. The van der Waals surface area contributed by atoms with Crippen LogP contribution in [0.3, 0.4) is 0 Å². The Balaban J connectivity index is 2.03. The second kappa shape index (κ2) is 8.64. The quantitative estimate of drug-likeness (QED) is 0.721. The lowest BCUT2D eigenvalue weighted by atomic mass is 10.2. The normalized spacial score (nSPS) is 10.4. The summed E-state index contributed by atoms with van der Waals surface area (Å²) in [5.41, 5.74) is 0.627. The van der Waals surface area contributed by atoms with Crippen LogP contribution in [0.25, 0.3) is 0 Å². The van der Waals surface area contributed by atoms with Gasteiger partial charge in [0.25, 0.3) is 11.8 Å². The predicted molar refractivity (Wildman–Crippen MR) is 99.3 cm³/mol. The summed E-state index contributed by atoms with van der Waals surface area (Å²) in [6, 6.07) is 7.99. The fourth-order valence-electron chi connectivity index (χ4n) is 1.99. The molecule has 3 N–H and O–H groups in total. The smallest absolute Gasteiger partial charge is 0.265 e. The zero-order chi connectivity index (χ0) is 18.4. The van der Waals surface area contributed by atoms with Crippen LogP contribution < -0.4 is 16.0 Å². The molecule has 0 fully saturated rings. The van der Waals surface area contributed by atoms with Gasteiger partial charge in [0.15, 0.2) is 0 Å². The second-order valence-electron chi connectivity index (χ2n) is 5.53. The Labute approximate surface area is 154 Å². The van der Waals surface area contributed by atoms with Gasteiger partial charge in [0.05, 0.1) is 22.1 Å². The summed E-state index contributed by atoms with van der Waals surface area (Å²) >= 11 is 7.39. The Kier molecular flexibility index (Phi) is 6.55. The van der Waals surface area contributed by atoms with E-state index in [0.717, 1.165) is 0 Å². The van der Waals surface area contributed by atoms with Crippen LogP contribution in [0.2, 0.25) is 5.02 Å². The van der Waals surface area contributed by atoms with Gasteiger partial charge in [-0.15, -0.1) is 11.3 Å². The van der Waals surface area contributed by atoms with Gasteiger partial charge in [-0.25, -0.2) is 0 Å². The van der Waals surface area contributed by atoms with Crippen LogP contribution >= 0.6 is 22.9 Å². The van der Waals surface area contributed by atoms with E-state index in [4.69, 9.17) is 11.6 Å². The van der Waals surface area contributed by atoms with Crippen molar-refractivity contribution in [2.45, 2.75) is 19.9 Å². The van der Waals surface area contributed by atoms with Crippen molar-refractivity contribution >= 4 is 46.3 Å². The maximum atomic E-state index is 12.2. The lowest BCUT2D eigenvalue weighted by molar-refractivity contribution is -0.120. The van der Waals surface area contributed by atoms with Gasteiger partial charge in [-0.05, 0) is 43.5 Å². The van der Waals surface area contributed by atoms with E-state index in [1.807, 2.05) is 13.8 Å². The Morgan fingerprint density at radius 1 is 1.16 bits per heavy atom. The number of benzene rings is 1. The highest BCUT2D eigenvalue weighted by molar-refractivity contribution is 7.12. The lowest BCUT2D eigenvalue weighted by Gasteiger charge is -2.11. The highest BCUT2D eigenvalue weighted by atomic mass is 35.5. The van der Waals surface area contributed by atoms with Crippen LogP contribution in [0.1, 0.15) is 33.9 Å². The lowest BCUT2D eigenvalue weighted by Crippen LogP contribution is -2.39. The van der Waals surface area contributed by atoms with Crippen LogP contribution in [0.4, 0.5) is 5.69 Å². The molecule has 2 rings (SSSR count). The molecule has 0 aliphatic heterocycles. The minimum absolute atomic E-state index is 0.000925. The van der Waals surface area contributed by atoms with Crippen molar-refractivity contribution in [1.82, 2.24) is 10.6 Å². The summed E-state index contributed by atoms with van der Waals surface area (Å²) in [6.45, 7) is 3.54. The van der Waals surface area contributed by atoms with Gasteiger partial charge in [-0.1, -0.05) is 17.7 Å². The monoisotopic (exact) mass is 379 g/mol. The standard InChI is InChI=1S/C17H18ClN3O3S/c1-10(2)20-15(22)9-19-16(23)11-5-6-12(18)13(8-11)21-17(24)14-4-3-7-25-14/h3-8,10H,9H2,1-2H3,(H,19,23)(H,20,22)(H,21,24). The van der Waals surface area contributed by atoms with E-state index < -0.39 is 5.91 Å². The molecule has 132 valence electrons. The average molecular weight is 380 g/mol. The second-order valence-corrected chi connectivity index (χ2v) is 6.89. The number of hydrogen-bond donors (Lipinski definition) is 3. The van der Waals surface area contributed by atoms with Crippen LogP contribution in [0.15, 0.2) is 35.7 Å². The number of halogens is 1. The molecule has 0 spiro atoms. The first-order valence-electron chi connectivity index (χ1n) is 7.59. The number of thiophene rings is 1. The summed E-state index contributed by atoms with van der Waals surface area (Å²) in [7, 11) is 0. The summed E-state index contributed by atoms with van der Waals surface area (Å²) < 4.78 is 0. The van der Waals surface area contributed by atoms with E-state index in [1.54, 1.807) is 17.5 Å². The molecule has 1 heterocycles. The van der Waals surface area contributed by atoms with E-state index >= 15 is 0 Å². The maximum Gasteiger partial charge on any atom is 0.265 e. The van der Waals surface area contributed by atoms with Crippen molar-refractivity contribution in [3.63, 3.8) is 0 Å². The molecule has 1 aromatic carbocycles. The Morgan fingerprint density at radius 2 is 1.92 bits per heavy atom. The molecule has 0 unspecified atom stereocenters. The molecule has 25 heavy (non-hydrogen) atoms. The van der Waals surface area contributed by atoms with Crippen molar-refractivity contribution in [2.24, 2.45) is 0 Å². The molecule has 3 amide bonds. The molecule has 0 atom stereocenters. The van der Waals surface area contributed by atoms with E-state index in [0.29, 0.717) is 21.2 Å². The molecule has 0 bridgehead atoms. The highest BCUT2D eigenvalue weighted by Crippen LogP contribution is 2.24. The predicted octanol–water partition coefficient (Wildman–Crippen LogP) is 2.91. The molecule has 1 aromatic heterocycles. The molecule has 0 saturated carbocycles. The van der Waals surface area contributed by atoms with Gasteiger partial charge in [-0.2, -0.15) is 0 Å². The average Bonchev–Trinajstić information content (AvgIpc) is 3.08. The van der Waals surface area contributed by atoms with Crippen LogP contribution in [0, 0.1) is 0 Å². The third-order valence-corrected chi connectivity index (χ3v) is 4.28. The number of amides is 3. The summed E-state index contributed by atoms with van der Waals surface area (Å²) in [6.07, 6.45) is 0. The topological polar surface area (TPSA) is 87.3 Å². The van der Waals surface area contributed by atoms with Gasteiger partial charge in [0.2, 0.25) is 5.91 Å². The zero-order valence-electron chi connectivity index (χ0n) is 13.8. The largest absolute Gasteiger partial charge is 0.352 e. The minimum atomic E-state index is -0.429. The van der Waals surface area contributed by atoms with Crippen molar-refractivity contribution in [1.29, 1.82) is 0 Å². The van der Waals surface area contributed by atoms with Crippen molar-refractivity contribution in [2.75, 3.05) is 11.9 Å². The number of carbonyl (C=O) groups is 3. The summed E-state index contributed by atoms with van der Waals surface area (Å²) in [5.74, 6) is -1.00. The third-order valence-electron chi connectivity index (χ3n) is 3.08. The van der Waals surface area contributed by atoms with Crippen molar-refractivity contribution in [3.8, 4) is 0 Å². The van der Waals surface area contributed by atoms with Gasteiger partial charge < -0.3 is 16.0 Å². The minimum Gasteiger partial charge on any atom is -0.352 e. The number of anilines is 1. The molecule has 0 aliphatic carbocycles. The van der Waals surface area contributed by atoms with E-state index in [9.17, 15) is 14.4 Å². The summed E-state index contributed by atoms with van der Waals surface area (Å²) in [5, 5.41) is 10.00. The van der Waals surface area contributed by atoms with E-state index in [1.165, 1.54) is 29.5 Å². The van der Waals surface area contributed by atoms with E-state index in [2.05, 4.69) is 16.0 Å². The van der Waals surface area contributed by atoms with Crippen molar-refractivity contribution < 1.29 is 14.4 Å². The Hall–Kier alpha value is -2.38. The Bertz CT molecular complexity index is 775. The number of rotatable bonds is 6. The zero-order valence-corrected chi connectivity index (χ0v) is 15.3. The highest BCUT2D eigenvalue weighted by Gasteiger charge is 2.13. The SMILES string of the molecule is CC(C)NC(=O)CNC(=O)c1ccc(Cl)c(NC(=O)c2cccs2)c1. The van der Waals surface area contributed by atoms with Crippen molar-refractivity contribution in [3.05, 3.63) is 51.2 Å². The Morgan fingerprint density at radius 3 is 2.56 bits per heavy atom. The van der Waals surface area contributed by atoms with Gasteiger partial charge >= 0.3 is 0 Å². The van der Waals surface area contributed by atoms with Crippen LogP contribution in [-0.4, -0.2) is 30.3 Å². The summed E-state index contributed by atoms with van der Waals surface area (Å²) in [4.78, 5) is 36.4. The number of nitrogens with one attached hydrogen (secondary N) is 3. The third kappa shape index (κ3) is 5.58. The molecular weight excluding hydrogens is 362 g/mol. The molecule has 0 aliphatic rings. The van der Waals surface area contributed by atoms with Crippen LogP contribution in [0.5, 0.6) is 0 Å². The first kappa shape index (κ1) is 19.0.